The molecule has 2 bridgehead atoms. The van der Waals surface area contributed by atoms with E-state index in [-0.39, 0.29) is 29.4 Å². The van der Waals surface area contributed by atoms with Crippen molar-refractivity contribution >= 4 is 19.9 Å². The maximum absolute atomic E-state index is 12.9. The predicted molar refractivity (Wildman–Crippen MR) is 164 cm³/mol. The van der Waals surface area contributed by atoms with Crippen molar-refractivity contribution in [3.63, 3.8) is 0 Å². The first-order valence-electron chi connectivity index (χ1n) is 13.9. The number of aliphatic hydroxyl groups excluding tert-OH is 2. The summed E-state index contributed by atoms with van der Waals surface area (Å²) >= 11 is 0. The highest BCUT2D eigenvalue weighted by Crippen LogP contribution is 2.38. The molecule has 216 valence electrons. The van der Waals surface area contributed by atoms with Crippen molar-refractivity contribution in [2.45, 2.75) is 96.7 Å². The van der Waals surface area contributed by atoms with E-state index in [4.69, 9.17) is 9.16 Å². The molecule has 0 aromatic heterocycles. The second kappa shape index (κ2) is 14.8. The lowest BCUT2D eigenvalue weighted by Gasteiger charge is -2.36. The number of carbonyl (C=O) groups excluding carboxylic acids is 1. The molecular weight excluding hydrogens is 506 g/mol. The molecule has 39 heavy (non-hydrogen) atoms. The van der Waals surface area contributed by atoms with Gasteiger partial charge in [0.25, 0.3) is 0 Å². The first-order chi connectivity index (χ1) is 18.2. The molecule has 2 rings (SSSR count). The summed E-state index contributed by atoms with van der Waals surface area (Å²) < 4.78 is 12.1. The fourth-order valence-corrected chi connectivity index (χ4v) is 5.06. The number of rotatable bonds is 3. The summed E-state index contributed by atoms with van der Waals surface area (Å²) in [5.74, 6) is 0.319. The molecule has 0 saturated heterocycles. The lowest BCUT2D eigenvalue weighted by Crippen LogP contribution is -2.43. The van der Waals surface area contributed by atoms with Gasteiger partial charge in [0.05, 0.1) is 24.7 Å². The Bertz CT molecular complexity index is 1070. The van der Waals surface area contributed by atoms with Gasteiger partial charge in [-0.05, 0) is 67.6 Å². The van der Waals surface area contributed by atoms with Crippen LogP contribution in [0.25, 0.3) is 0 Å². The van der Waals surface area contributed by atoms with Gasteiger partial charge in [-0.15, -0.1) is 0 Å². The minimum absolute atomic E-state index is 0.0348. The van der Waals surface area contributed by atoms with Crippen molar-refractivity contribution in [3.05, 3.63) is 71.9 Å². The van der Waals surface area contributed by atoms with Crippen LogP contribution in [0.1, 0.15) is 59.4 Å². The smallest absolute Gasteiger partial charge is 0.250 e. The SMILES string of the molecule is CO[C@H]1/C=C/C=C/C=C/C[C@H](O)[C@@H](C)[C@@H](O)/C(C)=C\CCc2cc(cc(O[Si](C)(C)C(C)(C)C)c2)NC(=O)C1. The average Bonchev–Trinajstić information content (AvgIpc) is 2.84. The molecule has 3 N–H and O–H groups in total. The number of hydrogen-bond donors (Lipinski definition) is 3. The van der Waals surface area contributed by atoms with Crippen LogP contribution >= 0.6 is 0 Å². The van der Waals surface area contributed by atoms with E-state index in [9.17, 15) is 15.0 Å². The molecule has 0 spiro atoms. The fraction of sp³-hybridized carbons (Fsp3) is 0.531. The number of nitrogens with one attached hydrogen (secondary N) is 1. The number of methoxy groups -OCH3 is 1. The van der Waals surface area contributed by atoms with Gasteiger partial charge >= 0.3 is 0 Å². The van der Waals surface area contributed by atoms with Crippen molar-refractivity contribution in [2.24, 2.45) is 5.92 Å². The number of hydrogen-bond acceptors (Lipinski definition) is 5. The van der Waals surface area contributed by atoms with Crippen LogP contribution < -0.4 is 9.74 Å². The second-order valence-electron chi connectivity index (χ2n) is 12.0. The number of anilines is 1. The van der Waals surface area contributed by atoms with E-state index in [1.54, 1.807) is 7.11 Å². The molecule has 0 saturated carbocycles. The summed E-state index contributed by atoms with van der Waals surface area (Å²) in [6.07, 6.45) is 13.5. The zero-order chi connectivity index (χ0) is 29.2. The Hall–Kier alpha value is -2.45. The quantitative estimate of drug-likeness (QED) is 0.285. The Balaban J connectivity index is 2.41. The highest BCUT2D eigenvalue weighted by atomic mass is 28.4. The van der Waals surface area contributed by atoms with Crippen molar-refractivity contribution in [1.29, 1.82) is 0 Å². The van der Waals surface area contributed by atoms with Crippen LogP contribution in [0.2, 0.25) is 18.1 Å². The summed E-state index contributed by atoms with van der Waals surface area (Å²) in [5.41, 5.74) is 2.57. The molecule has 7 heteroatoms. The van der Waals surface area contributed by atoms with Gasteiger partial charge in [-0.3, -0.25) is 4.79 Å². The summed E-state index contributed by atoms with van der Waals surface area (Å²) in [4.78, 5) is 12.9. The molecule has 4 atom stereocenters. The maximum Gasteiger partial charge on any atom is 0.250 e. The standard InChI is InChI=1S/C32H49NO5Si/c1-23-15-14-16-25-19-26(21-28(20-25)38-39(7,8)32(3,4)5)33-30(35)22-27(37-6)17-12-10-9-11-13-18-29(34)24(2)31(23)36/h9-13,15,17,19-21,24,27,29,31,34,36H,14,16,18,22H2,1-8H3,(H,33,35)/b10-9+,13-11+,17-12+,23-15-/t24-,27+,29+,31+/m1/s1. The molecule has 1 amide bonds. The lowest BCUT2D eigenvalue weighted by atomic mass is 9.90. The van der Waals surface area contributed by atoms with E-state index in [0.29, 0.717) is 18.5 Å². The molecule has 1 aliphatic heterocycles. The van der Waals surface area contributed by atoms with Crippen molar-refractivity contribution < 1.29 is 24.2 Å². The number of amides is 1. The predicted octanol–water partition coefficient (Wildman–Crippen LogP) is 6.72. The fourth-order valence-electron chi connectivity index (χ4n) is 4.05. The summed E-state index contributed by atoms with van der Waals surface area (Å²) in [6, 6.07) is 5.94. The minimum atomic E-state index is -2.09. The summed E-state index contributed by atoms with van der Waals surface area (Å²) in [6.45, 7) is 14.8. The van der Waals surface area contributed by atoms with E-state index >= 15 is 0 Å². The molecular formula is C32H49NO5Si. The number of carbonyl (C=O) groups is 1. The number of ether oxygens (including phenoxy) is 1. The van der Waals surface area contributed by atoms with Crippen molar-refractivity contribution in [3.8, 4) is 5.75 Å². The zero-order valence-corrected chi connectivity index (χ0v) is 26.0. The Labute approximate surface area is 236 Å². The van der Waals surface area contributed by atoms with Crippen LogP contribution in [0, 0.1) is 5.92 Å². The third-order valence-corrected chi connectivity index (χ3v) is 12.1. The second-order valence-corrected chi connectivity index (χ2v) is 16.8. The molecule has 1 heterocycles. The van der Waals surface area contributed by atoms with E-state index in [1.165, 1.54) is 0 Å². The van der Waals surface area contributed by atoms with Gasteiger partial charge in [0.2, 0.25) is 14.2 Å². The molecule has 0 fully saturated rings. The normalized spacial score (nSPS) is 28.3. The Morgan fingerprint density at radius 1 is 1.05 bits per heavy atom. The molecule has 1 aromatic carbocycles. The summed E-state index contributed by atoms with van der Waals surface area (Å²) in [7, 11) is -0.501. The van der Waals surface area contributed by atoms with Gasteiger partial charge in [0.1, 0.15) is 5.75 Å². The average molecular weight is 556 g/mol. The zero-order valence-electron chi connectivity index (χ0n) is 25.0. The molecule has 0 aliphatic carbocycles. The monoisotopic (exact) mass is 555 g/mol. The first-order valence-corrected chi connectivity index (χ1v) is 16.8. The van der Waals surface area contributed by atoms with E-state index in [0.717, 1.165) is 23.3 Å². The van der Waals surface area contributed by atoms with Gasteiger partial charge in [-0.1, -0.05) is 70.2 Å². The molecule has 6 nitrogen and oxygen atoms in total. The highest BCUT2D eigenvalue weighted by Gasteiger charge is 2.39. The lowest BCUT2D eigenvalue weighted by molar-refractivity contribution is -0.117. The number of fused-ring (bicyclic) bond motifs is 2. The number of aryl methyl sites for hydroxylation is 1. The van der Waals surface area contributed by atoms with Gasteiger partial charge < -0.3 is 24.7 Å². The van der Waals surface area contributed by atoms with Crippen LogP contribution in [-0.2, 0) is 16.0 Å². The van der Waals surface area contributed by atoms with E-state index in [2.05, 4.69) is 45.2 Å². The Morgan fingerprint density at radius 2 is 1.74 bits per heavy atom. The third-order valence-electron chi connectivity index (χ3n) is 7.76. The molecule has 0 radical (unpaired) electrons. The Kier molecular flexibility index (Phi) is 12.4. The third kappa shape index (κ3) is 10.6. The highest BCUT2D eigenvalue weighted by molar-refractivity contribution is 6.74. The summed E-state index contributed by atoms with van der Waals surface area (Å²) in [5, 5.41) is 24.5. The van der Waals surface area contributed by atoms with Crippen molar-refractivity contribution in [1.82, 2.24) is 0 Å². The van der Waals surface area contributed by atoms with Crippen LogP contribution in [0.3, 0.4) is 0 Å². The van der Waals surface area contributed by atoms with E-state index in [1.807, 2.05) is 68.5 Å². The van der Waals surface area contributed by atoms with Crippen molar-refractivity contribution in [2.75, 3.05) is 12.4 Å². The first kappa shape index (κ1) is 32.8. The number of allylic oxidation sites excluding steroid dienone is 5. The minimum Gasteiger partial charge on any atom is -0.543 e. The van der Waals surface area contributed by atoms with Gasteiger partial charge in [0, 0.05) is 24.8 Å². The molecule has 1 aromatic rings. The van der Waals surface area contributed by atoms with Gasteiger partial charge in [-0.2, -0.15) is 0 Å². The topological polar surface area (TPSA) is 88.0 Å². The van der Waals surface area contributed by atoms with Gasteiger partial charge in [0.15, 0.2) is 0 Å². The van der Waals surface area contributed by atoms with Crippen LogP contribution in [0.15, 0.2) is 66.3 Å². The van der Waals surface area contributed by atoms with Gasteiger partial charge in [-0.25, -0.2) is 0 Å². The van der Waals surface area contributed by atoms with E-state index < -0.39 is 20.5 Å². The molecule has 1 aliphatic rings. The largest absolute Gasteiger partial charge is 0.543 e. The van der Waals surface area contributed by atoms with Crippen LogP contribution in [0.5, 0.6) is 5.75 Å². The number of benzene rings is 1. The van der Waals surface area contributed by atoms with Crippen LogP contribution in [0.4, 0.5) is 5.69 Å². The number of aliphatic hydroxyl groups is 2. The Morgan fingerprint density at radius 3 is 2.41 bits per heavy atom. The maximum atomic E-state index is 12.9. The van der Waals surface area contributed by atoms with Crippen LogP contribution in [-0.4, -0.2) is 49.9 Å². The molecule has 0 unspecified atom stereocenters.